The molecule has 0 aliphatic rings. The molecule has 0 unspecified atom stereocenters. The number of hydrogen-bond donors (Lipinski definition) is 1. The molecule has 45 heavy (non-hydrogen) atoms. The fourth-order valence-corrected chi connectivity index (χ4v) is 5.88. The molecule has 0 radical (unpaired) electrons. The van der Waals surface area contributed by atoms with E-state index in [1.807, 2.05) is 12.3 Å². The Hall–Kier alpha value is -5.80. The van der Waals surface area contributed by atoms with Crippen molar-refractivity contribution in [3.63, 3.8) is 0 Å². The van der Waals surface area contributed by atoms with Crippen molar-refractivity contribution in [2.75, 3.05) is 5.73 Å². The molecule has 7 rings (SSSR count). The summed E-state index contributed by atoms with van der Waals surface area (Å²) in [7, 11) is 0. The highest BCUT2D eigenvalue weighted by molar-refractivity contribution is 5.95. The van der Waals surface area contributed by atoms with Gasteiger partial charge in [-0.1, -0.05) is 127 Å². The van der Waals surface area contributed by atoms with Crippen LogP contribution < -0.4 is 5.73 Å². The van der Waals surface area contributed by atoms with Gasteiger partial charge >= 0.3 is 0 Å². The van der Waals surface area contributed by atoms with Crippen molar-refractivity contribution >= 4 is 22.7 Å². The Morgan fingerprint density at radius 1 is 0.622 bits per heavy atom. The first-order valence-corrected chi connectivity index (χ1v) is 15.2. The Balaban J connectivity index is 1.17. The van der Waals surface area contributed by atoms with Crippen LogP contribution in [0.5, 0.6) is 0 Å². The zero-order chi connectivity index (χ0) is 30.6. The molecule has 0 aliphatic carbocycles. The molecule has 7 aromatic rings. The maximum atomic E-state index is 6.74. The Morgan fingerprint density at radius 2 is 1.36 bits per heavy atom. The van der Waals surface area contributed by atoms with Crippen LogP contribution in [-0.4, -0.2) is 9.97 Å². The molecule has 0 aliphatic heterocycles. The minimum atomic E-state index is 0.694. The van der Waals surface area contributed by atoms with Crippen LogP contribution >= 0.6 is 0 Å². The molecule has 0 amide bonds. The zero-order valence-corrected chi connectivity index (χ0v) is 25.2. The normalized spacial score (nSPS) is 11.3. The highest BCUT2D eigenvalue weighted by Crippen LogP contribution is 2.36. The molecule has 5 aromatic carbocycles. The average molecular weight is 580 g/mol. The van der Waals surface area contributed by atoms with Crippen molar-refractivity contribution in [1.82, 2.24) is 9.97 Å². The number of nitrogens with two attached hydrogens (primary N) is 1. The van der Waals surface area contributed by atoms with Gasteiger partial charge < -0.3 is 5.73 Å². The molecule has 0 spiro atoms. The smallest absolute Gasteiger partial charge is 0.0944 e. The first kappa shape index (κ1) is 28.0. The molecule has 3 heteroatoms. The molecule has 2 heterocycles. The van der Waals surface area contributed by atoms with Gasteiger partial charge in [0.05, 0.1) is 16.9 Å². The standard InChI is InChI=1S/C42H33N3/c1-29-16-19-35(27-39(29)38-15-6-5-14-37(38)32-10-3-2-4-11-32)40-25-24-34-23-22-33(41(43)42(34)45-40)12-7-9-30-17-20-31(21-18-30)36-13-8-26-44-28-36/h2-8,10-28H,9,43H2,1H3/b12-7-. The number of fused-ring (bicyclic) bond motifs is 1. The van der Waals surface area contributed by atoms with E-state index in [1.165, 1.54) is 33.4 Å². The third kappa shape index (κ3) is 5.89. The molecule has 3 nitrogen and oxygen atoms in total. The summed E-state index contributed by atoms with van der Waals surface area (Å²) >= 11 is 0. The summed E-state index contributed by atoms with van der Waals surface area (Å²) in [5.74, 6) is 0. The first-order valence-electron chi connectivity index (χ1n) is 15.2. The number of hydrogen-bond acceptors (Lipinski definition) is 3. The number of rotatable bonds is 7. The Bertz CT molecular complexity index is 2130. The van der Waals surface area contributed by atoms with E-state index in [-0.39, 0.29) is 0 Å². The number of allylic oxidation sites excluding steroid dienone is 1. The van der Waals surface area contributed by atoms with Crippen molar-refractivity contribution in [3.8, 4) is 44.6 Å². The van der Waals surface area contributed by atoms with Crippen molar-refractivity contribution in [3.05, 3.63) is 169 Å². The van der Waals surface area contributed by atoms with Crippen LogP contribution in [0, 0.1) is 6.92 Å². The Labute approximate surface area is 264 Å². The summed E-state index contributed by atoms with van der Waals surface area (Å²) in [5, 5.41) is 1.03. The molecule has 0 saturated carbocycles. The summed E-state index contributed by atoms with van der Waals surface area (Å²) in [5.41, 5.74) is 20.8. The molecule has 0 fully saturated rings. The Kier molecular flexibility index (Phi) is 7.74. The molecule has 2 N–H and O–H groups in total. The minimum absolute atomic E-state index is 0.694. The minimum Gasteiger partial charge on any atom is -0.396 e. The van der Waals surface area contributed by atoms with E-state index in [2.05, 4.69) is 151 Å². The van der Waals surface area contributed by atoms with Crippen molar-refractivity contribution < 1.29 is 0 Å². The number of aryl methyl sites for hydroxylation is 1. The quantitative estimate of drug-likeness (QED) is 0.191. The number of benzene rings is 5. The van der Waals surface area contributed by atoms with Crippen LogP contribution in [0.4, 0.5) is 5.69 Å². The van der Waals surface area contributed by atoms with Gasteiger partial charge in [-0.05, 0) is 81.6 Å². The third-order valence-electron chi connectivity index (χ3n) is 8.37. The van der Waals surface area contributed by atoms with E-state index < -0.39 is 0 Å². The van der Waals surface area contributed by atoms with E-state index in [0.29, 0.717) is 5.69 Å². The lowest BCUT2D eigenvalue weighted by Gasteiger charge is -2.14. The van der Waals surface area contributed by atoms with Gasteiger partial charge in [-0.3, -0.25) is 4.98 Å². The average Bonchev–Trinajstić information content (AvgIpc) is 3.10. The number of anilines is 1. The molecule has 0 atom stereocenters. The zero-order valence-electron chi connectivity index (χ0n) is 25.2. The predicted octanol–water partition coefficient (Wildman–Crippen LogP) is 10.4. The molecule has 216 valence electrons. The van der Waals surface area contributed by atoms with Gasteiger partial charge in [0.2, 0.25) is 0 Å². The van der Waals surface area contributed by atoms with Gasteiger partial charge in [0.15, 0.2) is 0 Å². The second-order valence-corrected chi connectivity index (χ2v) is 11.3. The Morgan fingerprint density at radius 3 is 2.16 bits per heavy atom. The topological polar surface area (TPSA) is 51.8 Å². The molecule has 0 saturated heterocycles. The SMILES string of the molecule is Cc1ccc(-c2ccc3ccc(/C=C\Cc4ccc(-c5cccnc5)cc4)c(N)c3n2)cc1-c1ccccc1-c1ccccc1. The first-order chi connectivity index (χ1) is 22.1. The predicted molar refractivity (Wildman–Crippen MR) is 190 cm³/mol. The fourth-order valence-electron chi connectivity index (χ4n) is 5.88. The summed E-state index contributed by atoms with van der Waals surface area (Å²) in [4.78, 5) is 9.32. The maximum Gasteiger partial charge on any atom is 0.0944 e. The van der Waals surface area contributed by atoms with Crippen molar-refractivity contribution in [2.45, 2.75) is 13.3 Å². The second-order valence-electron chi connectivity index (χ2n) is 11.3. The summed E-state index contributed by atoms with van der Waals surface area (Å²) in [6.45, 7) is 2.17. The summed E-state index contributed by atoms with van der Waals surface area (Å²) in [6.07, 6.45) is 8.76. The van der Waals surface area contributed by atoms with Crippen LogP contribution in [-0.2, 0) is 6.42 Å². The lowest BCUT2D eigenvalue weighted by molar-refractivity contribution is 1.27. The number of nitrogens with zero attached hydrogens (tertiary/aromatic N) is 2. The van der Waals surface area contributed by atoms with Crippen molar-refractivity contribution in [2.24, 2.45) is 0 Å². The number of nitrogen functional groups attached to an aromatic ring is 1. The number of aromatic nitrogens is 2. The fraction of sp³-hybridized carbons (Fsp3) is 0.0476. The summed E-state index contributed by atoms with van der Waals surface area (Å²) < 4.78 is 0. The van der Waals surface area contributed by atoms with Gasteiger partial charge in [-0.15, -0.1) is 0 Å². The van der Waals surface area contributed by atoms with Gasteiger partial charge in [-0.2, -0.15) is 0 Å². The largest absolute Gasteiger partial charge is 0.396 e. The number of pyridine rings is 2. The molecular weight excluding hydrogens is 546 g/mol. The van der Waals surface area contributed by atoms with E-state index >= 15 is 0 Å². The van der Waals surface area contributed by atoms with Gasteiger partial charge in [0.25, 0.3) is 0 Å². The lowest BCUT2D eigenvalue weighted by atomic mass is 9.90. The van der Waals surface area contributed by atoms with Gasteiger partial charge in [0, 0.05) is 23.3 Å². The van der Waals surface area contributed by atoms with Crippen LogP contribution in [0.1, 0.15) is 16.7 Å². The van der Waals surface area contributed by atoms with E-state index in [9.17, 15) is 0 Å². The second kappa shape index (κ2) is 12.4. The maximum absolute atomic E-state index is 6.74. The van der Waals surface area contributed by atoms with Gasteiger partial charge in [0.1, 0.15) is 0 Å². The van der Waals surface area contributed by atoms with E-state index in [1.54, 1.807) is 6.20 Å². The van der Waals surface area contributed by atoms with Crippen LogP contribution in [0.25, 0.3) is 61.6 Å². The highest BCUT2D eigenvalue weighted by atomic mass is 14.7. The molecule has 0 bridgehead atoms. The summed E-state index contributed by atoms with van der Waals surface area (Å²) in [6, 6.07) is 46.8. The van der Waals surface area contributed by atoms with Gasteiger partial charge in [-0.25, -0.2) is 4.98 Å². The van der Waals surface area contributed by atoms with Crippen LogP contribution in [0.2, 0.25) is 0 Å². The van der Waals surface area contributed by atoms with Crippen molar-refractivity contribution in [1.29, 1.82) is 0 Å². The van der Waals surface area contributed by atoms with Crippen LogP contribution in [0.15, 0.2) is 152 Å². The van der Waals surface area contributed by atoms with E-state index in [4.69, 9.17) is 10.7 Å². The molecular formula is C42H33N3. The van der Waals surface area contributed by atoms with E-state index in [0.717, 1.165) is 45.3 Å². The monoisotopic (exact) mass is 579 g/mol. The highest BCUT2D eigenvalue weighted by Gasteiger charge is 2.12. The lowest BCUT2D eigenvalue weighted by Crippen LogP contribution is -1.95. The molecule has 2 aromatic heterocycles. The third-order valence-corrected chi connectivity index (χ3v) is 8.37. The van der Waals surface area contributed by atoms with Crippen LogP contribution in [0.3, 0.4) is 0 Å².